The molecule has 0 aliphatic carbocycles. The molecule has 1 heterocycles. The fourth-order valence-electron chi connectivity index (χ4n) is 1.76. The number of halogens is 1. The van der Waals surface area contributed by atoms with Gasteiger partial charge < -0.3 is 15.0 Å². The van der Waals surface area contributed by atoms with Gasteiger partial charge in [0.05, 0.1) is 6.33 Å². The highest BCUT2D eigenvalue weighted by Crippen LogP contribution is 2.21. The van der Waals surface area contributed by atoms with Gasteiger partial charge in [-0.3, -0.25) is 0 Å². The van der Waals surface area contributed by atoms with Crippen molar-refractivity contribution in [3.8, 4) is 5.75 Å². The van der Waals surface area contributed by atoms with Crippen LogP contribution in [-0.2, 0) is 13.1 Å². The summed E-state index contributed by atoms with van der Waals surface area (Å²) in [6.07, 6.45) is 5.47. The van der Waals surface area contributed by atoms with Crippen LogP contribution >= 0.6 is 11.6 Å². The summed E-state index contributed by atoms with van der Waals surface area (Å²) >= 11 is 5.90. The lowest BCUT2D eigenvalue weighted by atomic mass is 10.2. The summed E-state index contributed by atoms with van der Waals surface area (Å²) in [5.74, 6) is 0.265. The predicted molar refractivity (Wildman–Crippen MR) is 71.6 cm³/mol. The summed E-state index contributed by atoms with van der Waals surface area (Å²) in [6.45, 7) is 3.51. The van der Waals surface area contributed by atoms with Crippen molar-refractivity contribution in [3.63, 3.8) is 0 Å². The van der Waals surface area contributed by atoms with Crippen molar-refractivity contribution in [2.24, 2.45) is 0 Å². The van der Waals surface area contributed by atoms with Crippen molar-refractivity contribution >= 4 is 11.6 Å². The van der Waals surface area contributed by atoms with Gasteiger partial charge in [-0.2, -0.15) is 0 Å². The van der Waals surface area contributed by atoms with E-state index in [-0.39, 0.29) is 11.8 Å². The number of imidazole rings is 1. The number of nitrogens with zero attached hydrogens (tertiary/aromatic N) is 2. The second kappa shape index (κ2) is 5.89. The Bertz CT molecular complexity index is 499. The van der Waals surface area contributed by atoms with Crippen molar-refractivity contribution in [3.05, 3.63) is 47.5 Å². The highest BCUT2D eigenvalue weighted by Gasteiger charge is 2.05. The zero-order valence-corrected chi connectivity index (χ0v) is 10.9. The fourth-order valence-corrected chi connectivity index (χ4v) is 1.95. The molecule has 2 N–H and O–H groups in total. The van der Waals surface area contributed by atoms with Crippen molar-refractivity contribution < 1.29 is 5.11 Å². The maximum Gasteiger partial charge on any atom is 0.120 e. The number of phenols is 1. The highest BCUT2D eigenvalue weighted by atomic mass is 35.5. The highest BCUT2D eigenvalue weighted by molar-refractivity contribution is 6.30. The molecular formula is C13H16ClN3O. The molecule has 0 saturated heterocycles. The van der Waals surface area contributed by atoms with Crippen molar-refractivity contribution in [1.82, 2.24) is 14.9 Å². The lowest BCUT2D eigenvalue weighted by Gasteiger charge is -2.15. The second-order valence-corrected chi connectivity index (χ2v) is 4.75. The van der Waals surface area contributed by atoms with Crippen LogP contribution in [0, 0.1) is 0 Å². The fraction of sp³-hybridized carbons (Fsp3) is 0.308. The molecule has 0 radical (unpaired) electrons. The maximum absolute atomic E-state index is 9.69. The van der Waals surface area contributed by atoms with Gasteiger partial charge in [0, 0.05) is 42.1 Å². The van der Waals surface area contributed by atoms with Gasteiger partial charge in [-0.25, -0.2) is 4.98 Å². The van der Waals surface area contributed by atoms with Gasteiger partial charge >= 0.3 is 0 Å². The van der Waals surface area contributed by atoms with E-state index in [0.717, 1.165) is 12.1 Å². The summed E-state index contributed by atoms with van der Waals surface area (Å²) in [4.78, 5) is 4.00. The quantitative estimate of drug-likeness (QED) is 0.873. The summed E-state index contributed by atoms with van der Waals surface area (Å²) in [6, 6.07) is 5.33. The summed E-state index contributed by atoms with van der Waals surface area (Å²) in [5.41, 5.74) is 0.806. The van der Waals surface area contributed by atoms with E-state index in [4.69, 9.17) is 11.6 Å². The maximum atomic E-state index is 9.69. The molecule has 0 bridgehead atoms. The monoisotopic (exact) mass is 265 g/mol. The number of rotatable bonds is 5. The number of aromatic hydroxyl groups is 1. The average molecular weight is 266 g/mol. The van der Waals surface area contributed by atoms with Crippen molar-refractivity contribution in [2.45, 2.75) is 26.1 Å². The number of hydrogen-bond donors (Lipinski definition) is 2. The Balaban J connectivity index is 1.89. The van der Waals surface area contributed by atoms with Crippen LogP contribution in [0.1, 0.15) is 12.5 Å². The zero-order chi connectivity index (χ0) is 13.0. The van der Waals surface area contributed by atoms with E-state index in [0.29, 0.717) is 11.6 Å². The van der Waals surface area contributed by atoms with Crippen LogP contribution in [0.2, 0.25) is 5.02 Å². The van der Waals surface area contributed by atoms with E-state index in [2.05, 4.69) is 17.2 Å². The topological polar surface area (TPSA) is 50.1 Å². The standard InChI is InChI=1S/C13H16ClN3O/c1-10(8-17-5-4-15-9-17)16-7-11-6-12(14)2-3-13(11)18/h2-6,9-10,16,18H,7-8H2,1H3. The molecule has 0 spiro atoms. The molecule has 0 saturated carbocycles. The third-order valence-electron chi connectivity index (χ3n) is 2.73. The molecule has 1 aromatic heterocycles. The molecule has 1 unspecified atom stereocenters. The largest absolute Gasteiger partial charge is 0.508 e. The Morgan fingerprint density at radius 3 is 3.06 bits per heavy atom. The van der Waals surface area contributed by atoms with Crippen LogP contribution in [0.15, 0.2) is 36.9 Å². The summed E-state index contributed by atoms with van der Waals surface area (Å²) in [5, 5.41) is 13.7. The normalized spacial score (nSPS) is 12.6. The Kier molecular flexibility index (Phi) is 4.23. The van der Waals surface area contributed by atoms with Crippen molar-refractivity contribution in [2.75, 3.05) is 0 Å². The molecule has 0 amide bonds. The molecule has 4 nitrogen and oxygen atoms in total. The molecule has 1 aromatic carbocycles. The molecule has 2 aromatic rings. The number of benzene rings is 1. The Morgan fingerprint density at radius 2 is 2.33 bits per heavy atom. The molecule has 2 rings (SSSR count). The van der Waals surface area contributed by atoms with Crippen LogP contribution < -0.4 is 5.32 Å². The van der Waals surface area contributed by atoms with Crippen molar-refractivity contribution in [1.29, 1.82) is 0 Å². The molecule has 0 aliphatic rings. The van der Waals surface area contributed by atoms with E-state index in [1.807, 2.05) is 10.8 Å². The molecule has 0 aliphatic heterocycles. The van der Waals surface area contributed by atoms with Crippen LogP contribution in [0.3, 0.4) is 0 Å². The minimum Gasteiger partial charge on any atom is -0.508 e. The number of aromatic nitrogens is 2. The van der Waals surface area contributed by atoms with E-state index in [1.54, 1.807) is 30.7 Å². The summed E-state index contributed by atoms with van der Waals surface area (Å²) in [7, 11) is 0. The Morgan fingerprint density at radius 1 is 1.50 bits per heavy atom. The van der Waals surface area contributed by atoms with Gasteiger partial charge in [0.1, 0.15) is 5.75 Å². The first-order valence-corrected chi connectivity index (χ1v) is 6.19. The lowest BCUT2D eigenvalue weighted by Crippen LogP contribution is -2.29. The summed E-state index contributed by atoms with van der Waals surface area (Å²) < 4.78 is 2.01. The molecule has 96 valence electrons. The Hall–Kier alpha value is -1.52. The molecule has 5 heteroatoms. The third-order valence-corrected chi connectivity index (χ3v) is 2.96. The number of nitrogens with one attached hydrogen (secondary N) is 1. The van der Waals surface area contributed by atoms with Crippen LogP contribution in [-0.4, -0.2) is 20.7 Å². The van der Waals surface area contributed by atoms with Gasteiger partial charge in [-0.1, -0.05) is 11.6 Å². The predicted octanol–water partition coefficient (Wildman–Crippen LogP) is 2.42. The molecule has 18 heavy (non-hydrogen) atoms. The number of phenolic OH excluding ortho intramolecular Hbond substituents is 1. The van der Waals surface area contributed by atoms with Gasteiger partial charge in [-0.05, 0) is 25.1 Å². The van der Waals surface area contributed by atoms with Crippen LogP contribution in [0.25, 0.3) is 0 Å². The minimum atomic E-state index is 0.265. The van der Waals surface area contributed by atoms with E-state index in [9.17, 15) is 5.11 Å². The second-order valence-electron chi connectivity index (χ2n) is 4.31. The smallest absolute Gasteiger partial charge is 0.120 e. The van der Waals surface area contributed by atoms with Gasteiger partial charge in [0.15, 0.2) is 0 Å². The van der Waals surface area contributed by atoms with E-state index in [1.165, 1.54) is 0 Å². The van der Waals surface area contributed by atoms with Crippen LogP contribution in [0.5, 0.6) is 5.75 Å². The minimum absolute atomic E-state index is 0.265. The SMILES string of the molecule is CC(Cn1ccnc1)NCc1cc(Cl)ccc1O. The molecular weight excluding hydrogens is 250 g/mol. The van der Waals surface area contributed by atoms with Gasteiger partial charge in [0.25, 0.3) is 0 Å². The third kappa shape index (κ3) is 3.48. The lowest BCUT2D eigenvalue weighted by molar-refractivity contribution is 0.446. The van der Waals surface area contributed by atoms with Gasteiger partial charge in [-0.15, -0.1) is 0 Å². The van der Waals surface area contributed by atoms with Gasteiger partial charge in [0.2, 0.25) is 0 Å². The molecule has 0 fully saturated rings. The first kappa shape index (κ1) is 12.9. The first-order chi connectivity index (χ1) is 8.65. The van der Waals surface area contributed by atoms with E-state index >= 15 is 0 Å². The average Bonchev–Trinajstić information content (AvgIpc) is 2.83. The zero-order valence-electron chi connectivity index (χ0n) is 10.2. The van der Waals surface area contributed by atoms with E-state index < -0.39 is 0 Å². The molecule has 1 atom stereocenters. The number of hydrogen-bond acceptors (Lipinski definition) is 3. The Labute approximate surface area is 111 Å². The first-order valence-electron chi connectivity index (χ1n) is 5.81. The van der Waals surface area contributed by atoms with Crippen LogP contribution in [0.4, 0.5) is 0 Å².